The predicted molar refractivity (Wildman–Crippen MR) is 82.9 cm³/mol. The summed E-state index contributed by atoms with van der Waals surface area (Å²) in [6, 6.07) is 11.0. The Morgan fingerprint density at radius 2 is 1.95 bits per heavy atom. The lowest BCUT2D eigenvalue weighted by Crippen LogP contribution is -2.34. The van der Waals surface area contributed by atoms with Crippen LogP contribution < -0.4 is 11.1 Å². The van der Waals surface area contributed by atoms with E-state index in [1.807, 2.05) is 19.1 Å². The summed E-state index contributed by atoms with van der Waals surface area (Å²) in [5.74, 6) is -0.867. The number of amides is 1. The van der Waals surface area contributed by atoms with Crippen molar-refractivity contribution in [2.45, 2.75) is 19.4 Å². The van der Waals surface area contributed by atoms with Gasteiger partial charge in [0.2, 0.25) is 0 Å². The number of rotatable bonds is 4. The number of anilines is 1. The molecule has 1 unspecified atom stereocenters. The molecular formula is C16H16ClFN2O. The molecular weight excluding hydrogens is 291 g/mol. The number of carbonyl (C=O) groups is 1. The number of carbonyl (C=O) groups excluding carboxylic acids is 1. The van der Waals surface area contributed by atoms with E-state index in [0.29, 0.717) is 11.4 Å². The second-order valence-corrected chi connectivity index (χ2v) is 5.37. The minimum atomic E-state index is -0.486. The fourth-order valence-electron chi connectivity index (χ4n) is 2.05. The van der Waals surface area contributed by atoms with Gasteiger partial charge in [-0.05, 0) is 49.2 Å². The van der Waals surface area contributed by atoms with Crippen LogP contribution in [0.25, 0.3) is 0 Å². The Balaban J connectivity index is 2.01. The van der Waals surface area contributed by atoms with Gasteiger partial charge in [0.25, 0.3) is 5.91 Å². The van der Waals surface area contributed by atoms with Crippen molar-refractivity contribution in [3.8, 4) is 0 Å². The molecule has 0 radical (unpaired) electrons. The van der Waals surface area contributed by atoms with Crippen LogP contribution >= 0.6 is 11.6 Å². The Bertz CT molecular complexity index is 643. The Kier molecular flexibility index (Phi) is 4.81. The van der Waals surface area contributed by atoms with E-state index in [4.69, 9.17) is 17.3 Å². The van der Waals surface area contributed by atoms with Crippen molar-refractivity contribution in [2.24, 2.45) is 0 Å². The Morgan fingerprint density at radius 1 is 1.29 bits per heavy atom. The van der Waals surface area contributed by atoms with Crippen LogP contribution in [0.5, 0.6) is 0 Å². The predicted octanol–water partition coefficient (Wildman–Crippen LogP) is 3.42. The maximum Gasteiger partial charge on any atom is 0.253 e. The molecule has 3 nitrogen and oxygen atoms in total. The molecule has 0 saturated heterocycles. The molecule has 0 aliphatic carbocycles. The first-order valence-electron chi connectivity index (χ1n) is 6.56. The van der Waals surface area contributed by atoms with Crippen molar-refractivity contribution in [2.75, 3.05) is 5.73 Å². The molecule has 3 N–H and O–H groups in total. The third-order valence-corrected chi connectivity index (χ3v) is 3.34. The fourth-order valence-corrected chi connectivity index (χ4v) is 2.18. The molecule has 21 heavy (non-hydrogen) atoms. The summed E-state index contributed by atoms with van der Waals surface area (Å²) in [7, 11) is 0. The molecule has 0 aromatic heterocycles. The lowest BCUT2D eigenvalue weighted by molar-refractivity contribution is 0.0940. The molecule has 0 aliphatic rings. The maximum atomic E-state index is 13.2. The highest BCUT2D eigenvalue weighted by Crippen LogP contribution is 2.14. The van der Waals surface area contributed by atoms with E-state index in [-0.39, 0.29) is 23.2 Å². The quantitative estimate of drug-likeness (QED) is 0.850. The van der Waals surface area contributed by atoms with Gasteiger partial charge >= 0.3 is 0 Å². The molecule has 0 saturated carbocycles. The normalized spacial score (nSPS) is 12.0. The Morgan fingerprint density at radius 3 is 2.62 bits per heavy atom. The number of nitrogens with two attached hydrogens (primary N) is 1. The number of halogens is 2. The van der Waals surface area contributed by atoms with E-state index in [1.165, 1.54) is 12.1 Å². The van der Waals surface area contributed by atoms with Gasteiger partial charge in [-0.25, -0.2) is 4.39 Å². The van der Waals surface area contributed by atoms with E-state index in [0.717, 1.165) is 11.6 Å². The van der Waals surface area contributed by atoms with Gasteiger partial charge in [-0.2, -0.15) is 0 Å². The minimum absolute atomic E-state index is 0.110. The summed E-state index contributed by atoms with van der Waals surface area (Å²) in [5.41, 5.74) is 7.16. The Labute approximate surface area is 127 Å². The van der Waals surface area contributed by atoms with Crippen LogP contribution in [0.15, 0.2) is 42.5 Å². The number of benzene rings is 2. The maximum absolute atomic E-state index is 13.2. The molecule has 1 atom stereocenters. The van der Waals surface area contributed by atoms with E-state index in [9.17, 15) is 9.18 Å². The van der Waals surface area contributed by atoms with Crippen molar-refractivity contribution >= 4 is 23.2 Å². The minimum Gasteiger partial charge on any atom is -0.398 e. The van der Waals surface area contributed by atoms with Gasteiger partial charge in [0, 0.05) is 16.8 Å². The molecule has 5 heteroatoms. The number of hydrogen-bond acceptors (Lipinski definition) is 2. The molecule has 2 aromatic rings. The average Bonchev–Trinajstić information content (AvgIpc) is 2.44. The number of nitrogens with one attached hydrogen (secondary N) is 1. The van der Waals surface area contributed by atoms with Crippen LogP contribution in [-0.4, -0.2) is 11.9 Å². The van der Waals surface area contributed by atoms with Gasteiger partial charge in [0.1, 0.15) is 5.82 Å². The summed E-state index contributed by atoms with van der Waals surface area (Å²) in [5, 5.41) is 3.48. The second kappa shape index (κ2) is 6.59. The third kappa shape index (κ3) is 4.20. The second-order valence-electron chi connectivity index (χ2n) is 4.94. The first-order valence-corrected chi connectivity index (χ1v) is 6.94. The van der Waals surface area contributed by atoms with Crippen molar-refractivity contribution in [1.29, 1.82) is 0 Å². The van der Waals surface area contributed by atoms with Crippen molar-refractivity contribution in [3.63, 3.8) is 0 Å². The lowest BCUT2D eigenvalue weighted by atomic mass is 10.1. The zero-order chi connectivity index (χ0) is 15.4. The van der Waals surface area contributed by atoms with E-state index in [2.05, 4.69) is 5.32 Å². The van der Waals surface area contributed by atoms with Crippen LogP contribution in [-0.2, 0) is 6.42 Å². The van der Waals surface area contributed by atoms with Crippen LogP contribution in [0.2, 0.25) is 5.02 Å². The summed E-state index contributed by atoms with van der Waals surface area (Å²) >= 11 is 5.83. The van der Waals surface area contributed by atoms with Gasteiger partial charge in [-0.15, -0.1) is 0 Å². The first-order chi connectivity index (χ1) is 9.95. The van der Waals surface area contributed by atoms with Crippen LogP contribution in [0.3, 0.4) is 0 Å². The summed E-state index contributed by atoms with van der Waals surface area (Å²) in [4.78, 5) is 12.1. The molecule has 2 aromatic carbocycles. The van der Waals surface area contributed by atoms with E-state index >= 15 is 0 Å². The molecule has 0 heterocycles. The summed E-state index contributed by atoms with van der Waals surface area (Å²) in [6.07, 6.45) is 0.651. The number of nitrogen functional groups attached to an aromatic ring is 1. The van der Waals surface area contributed by atoms with Crippen molar-refractivity contribution in [1.82, 2.24) is 5.32 Å². The molecule has 0 spiro atoms. The molecule has 110 valence electrons. The van der Waals surface area contributed by atoms with Crippen LogP contribution in [0.4, 0.5) is 10.1 Å². The first kappa shape index (κ1) is 15.3. The highest BCUT2D eigenvalue weighted by molar-refractivity contribution is 6.30. The van der Waals surface area contributed by atoms with Crippen LogP contribution in [0, 0.1) is 5.82 Å². The monoisotopic (exact) mass is 306 g/mol. The van der Waals surface area contributed by atoms with Crippen molar-refractivity contribution in [3.05, 3.63) is 64.4 Å². The zero-order valence-corrected chi connectivity index (χ0v) is 12.3. The standard InChI is InChI=1S/C16H16ClFN2O/c1-10(8-11-2-4-12(17)5-3-11)20-16(21)14-9-13(18)6-7-15(14)19/h2-7,9-10H,8,19H2,1H3,(H,20,21). The molecule has 0 fully saturated rings. The van der Waals surface area contributed by atoms with Gasteiger partial charge < -0.3 is 11.1 Å². The number of hydrogen-bond donors (Lipinski definition) is 2. The SMILES string of the molecule is CC(Cc1ccc(Cl)cc1)NC(=O)c1cc(F)ccc1N. The van der Waals surface area contributed by atoms with Gasteiger partial charge in [0.05, 0.1) is 5.56 Å². The largest absolute Gasteiger partial charge is 0.398 e. The van der Waals surface area contributed by atoms with Crippen LogP contribution in [0.1, 0.15) is 22.8 Å². The van der Waals surface area contributed by atoms with E-state index in [1.54, 1.807) is 12.1 Å². The molecule has 2 rings (SSSR count). The summed E-state index contributed by atoms with van der Waals surface area (Å²) in [6.45, 7) is 1.88. The highest BCUT2D eigenvalue weighted by Gasteiger charge is 2.14. The van der Waals surface area contributed by atoms with Crippen molar-refractivity contribution < 1.29 is 9.18 Å². The Hall–Kier alpha value is -2.07. The van der Waals surface area contributed by atoms with E-state index < -0.39 is 5.82 Å². The summed E-state index contributed by atoms with van der Waals surface area (Å²) < 4.78 is 13.2. The van der Waals surface area contributed by atoms with Gasteiger partial charge in [-0.1, -0.05) is 23.7 Å². The molecule has 0 bridgehead atoms. The lowest BCUT2D eigenvalue weighted by Gasteiger charge is -2.15. The van der Waals surface area contributed by atoms with Gasteiger partial charge in [0.15, 0.2) is 0 Å². The average molecular weight is 307 g/mol. The molecule has 1 amide bonds. The third-order valence-electron chi connectivity index (χ3n) is 3.09. The fraction of sp³-hybridized carbons (Fsp3) is 0.188. The topological polar surface area (TPSA) is 55.1 Å². The highest BCUT2D eigenvalue weighted by atomic mass is 35.5. The smallest absolute Gasteiger partial charge is 0.253 e. The molecule has 0 aliphatic heterocycles. The van der Waals surface area contributed by atoms with Gasteiger partial charge in [-0.3, -0.25) is 4.79 Å². The zero-order valence-electron chi connectivity index (χ0n) is 11.6.